The predicted octanol–water partition coefficient (Wildman–Crippen LogP) is 0.0309. The minimum absolute atomic E-state index is 0.0552. The van der Waals surface area contributed by atoms with Gasteiger partial charge in [0.25, 0.3) is 0 Å². The zero-order chi connectivity index (χ0) is 12.2. The molecule has 1 aliphatic rings. The number of hydrogen-bond donors (Lipinski definition) is 2. The Morgan fingerprint density at radius 1 is 1.62 bits per heavy atom. The van der Waals surface area contributed by atoms with Gasteiger partial charge in [-0.05, 0) is 20.8 Å². The van der Waals surface area contributed by atoms with Crippen molar-refractivity contribution in [3.8, 4) is 6.07 Å². The summed E-state index contributed by atoms with van der Waals surface area (Å²) in [6.07, 6.45) is 0. The fourth-order valence-corrected chi connectivity index (χ4v) is 1.23. The summed E-state index contributed by atoms with van der Waals surface area (Å²) in [6.45, 7) is 7.50. The molecule has 0 saturated carbocycles. The maximum atomic E-state index is 11.4. The number of nitrogens with zero attached hydrogens (tertiary/aromatic N) is 1. The second-order valence-corrected chi connectivity index (χ2v) is 5.11. The van der Waals surface area contributed by atoms with E-state index in [-0.39, 0.29) is 18.1 Å². The highest BCUT2D eigenvalue weighted by molar-refractivity contribution is 5.77. The number of carbonyl (C=O) groups is 1. The van der Waals surface area contributed by atoms with E-state index >= 15 is 0 Å². The van der Waals surface area contributed by atoms with Crippen LogP contribution in [-0.2, 0) is 9.53 Å². The molecule has 0 aromatic rings. The summed E-state index contributed by atoms with van der Waals surface area (Å²) >= 11 is 0. The van der Waals surface area contributed by atoms with Crippen LogP contribution in [0, 0.1) is 16.7 Å². The van der Waals surface area contributed by atoms with Crippen LogP contribution in [0.4, 0.5) is 0 Å². The van der Waals surface area contributed by atoms with Crippen LogP contribution >= 0.6 is 0 Å². The molecule has 0 spiro atoms. The van der Waals surface area contributed by atoms with Crippen molar-refractivity contribution in [3.05, 3.63) is 0 Å². The van der Waals surface area contributed by atoms with Crippen LogP contribution in [0.25, 0.3) is 0 Å². The molecule has 90 valence electrons. The Morgan fingerprint density at radius 2 is 2.25 bits per heavy atom. The number of amides is 1. The lowest BCUT2D eigenvalue weighted by atomic mass is 9.96. The van der Waals surface area contributed by atoms with Crippen molar-refractivity contribution in [3.63, 3.8) is 0 Å². The van der Waals surface area contributed by atoms with E-state index in [1.54, 1.807) is 13.8 Å². The zero-order valence-electron chi connectivity index (χ0n) is 10.1. The molecule has 0 aliphatic carbocycles. The van der Waals surface area contributed by atoms with Crippen molar-refractivity contribution in [2.75, 3.05) is 26.2 Å². The Morgan fingerprint density at radius 3 is 2.69 bits per heavy atom. The molecule has 1 saturated heterocycles. The van der Waals surface area contributed by atoms with E-state index in [0.717, 1.165) is 13.1 Å². The van der Waals surface area contributed by atoms with Gasteiger partial charge >= 0.3 is 0 Å². The Labute approximate surface area is 96.2 Å². The van der Waals surface area contributed by atoms with Crippen molar-refractivity contribution >= 4 is 5.91 Å². The van der Waals surface area contributed by atoms with E-state index in [0.29, 0.717) is 6.54 Å². The van der Waals surface area contributed by atoms with Crippen molar-refractivity contribution in [2.45, 2.75) is 26.4 Å². The highest BCUT2D eigenvalue weighted by atomic mass is 16.5. The molecule has 0 unspecified atom stereocenters. The predicted molar refractivity (Wildman–Crippen MR) is 59.6 cm³/mol. The van der Waals surface area contributed by atoms with E-state index in [2.05, 4.69) is 16.7 Å². The molecule has 0 radical (unpaired) electrons. The molecule has 0 aromatic heterocycles. The van der Waals surface area contributed by atoms with E-state index in [1.807, 2.05) is 6.92 Å². The largest absolute Gasteiger partial charge is 0.363 e. The van der Waals surface area contributed by atoms with E-state index in [1.165, 1.54) is 0 Å². The van der Waals surface area contributed by atoms with Crippen molar-refractivity contribution in [1.82, 2.24) is 10.6 Å². The second kappa shape index (κ2) is 4.81. The summed E-state index contributed by atoms with van der Waals surface area (Å²) in [4.78, 5) is 11.4. The molecule has 16 heavy (non-hydrogen) atoms. The van der Waals surface area contributed by atoms with Gasteiger partial charge in [-0.1, -0.05) is 0 Å². The van der Waals surface area contributed by atoms with E-state index < -0.39 is 5.41 Å². The van der Waals surface area contributed by atoms with Gasteiger partial charge in [0.05, 0.1) is 17.1 Å². The highest BCUT2D eigenvalue weighted by Gasteiger charge is 2.33. The number of nitrogens with one attached hydrogen (secondary N) is 2. The molecule has 1 rings (SSSR count). The lowest BCUT2D eigenvalue weighted by Crippen LogP contribution is -2.59. The first kappa shape index (κ1) is 12.9. The van der Waals surface area contributed by atoms with E-state index in [9.17, 15) is 4.79 Å². The van der Waals surface area contributed by atoms with Gasteiger partial charge in [-0.3, -0.25) is 4.79 Å². The molecule has 5 nitrogen and oxygen atoms in total. The van der Waals surface area contributed by atoms with Crippen LogP contribution in [0.5, 0.6) is 0 Å². The SMILES string of the molecule is CC(C)(C#N)CNC(=O)COC1(C)CNC1. The van der Waals surface area contributed by atoms with Crippen LogP contribution in [0.15, 0.2) is 0 Å². The Bertz CT molecular complexity index is 303. The molecule has 1 amide bonds. The summed E-state index contributed by atoms with van der Waals surface area (Å²) in [6, 6.07) is 2.13. The molecule has 5 heteroatoms. The third kappa shape index (κ3) is 3.80. The molecule has 0 bridgehead atoms. The molecule has 1 aliphatic heterocycles. The van der Waals surface area contributed by atoms with Gasteiger partial charge in [-0.15, -0.1) is 0 Å². The fourth-order valence-electron chi connectivity index (χ4n) is 1.23. The first-order valence-corrected chi connectivity index (χ1v) is 5.40. The Balaban J connectivity index is 2.19. The standard InChI is InChI=1S/C11H19N3O2/c1-10(2,5-12)6-14-9(15)4-16-11(3)7-13-8-11/h13H,4,6-8H2,1-3H3,(H,14,15). The van der Waals surface area contributed by atoms with Crippen molar-refractivity contribution in [2.24, 2.45) is 5.41 Å². The summed E-state index contributed by atoms with van der Waals surface area (Å²) in [5.74, 6) is -0.170. The topological polar surface area (TPSA) is 74.2 Å². The highest BCUT2D eigenvalue weighted by Crippen LogP contribution is 2.15. The molecule has 0 atom stereocenters. The van der Waals surface area contributed by atoms with Crippen LogP contribution < -0.4 is 10.6 Å². The van der Waals surface area contributed by atoms with Gasteiger partial charge in [0.15, 0.2) is 0 Å². The van der Waals surface area contributed by atoms with Crippen molar-refractivity contribution in [1.29, 1.82) is 5.26 Å². The Kier molecular flexibility index (Phi) is 3.89. The smallest absolute Gasteiger partial charge is 0.246 e. The Hall–Kier alpha value is -1.12. The van der Waals surface area contributed by atoms with Gasteiger partial charge in [0, 0.05) is 19.6 Å². The first-order valence-electron chi connectivity index (χ1n) is 5.40. The van der Waals surface area contributed by atoms with Gasteiger partial charge in [-0.2, -0.15) is 5.26 Å². The molecule has 1 fully saturated rings. The normalized spacial score (nSPS) is 18.4. The molecular formula is C11H19N3O2. The fraction of sp³-hybridized carbons (Fsp3) is 0.818. The van der Waals surface area contributed by atoms with Gasteiger partial charge in [-0.25, -0.2) is 0 Å². The summed E-state index contributed by atoms with van der Waals surface area (Å²) in [5, 5.41) is 14.6. The van der Waals surface area contributed by atoms with Crippen LogP contribution in [0.2, 0.25) is 0 Å². The van der Waals surface area contributed by atoms with E-state index in [4.69, 9.17) is 10.00 Å². The monoisotopic (exact) mass is 225 g/mol. The third-order valence-electron chi connectivity index (χ3n) is 2.58. The van der Waals surface area contributed by atoms with Gasteiger partial charge < -0.3 is 15.4 Å². The first-order chi connectivity index (χ1) is 7.37. The number of rotatable bonds is 5. The minimum atomic E-state index is -0.530. The maximum absolute atomic E-state index is 11.4. The second-order valence-electron chi connectivity index (χ2n) is 5.11. The maximum Gasteiger partial charge on any atom is 0.246 e. The average Bonchev–Trinajstić information content (AvgIpc) is 2.21. The molecular weight excluding hydrogens is 206 g/mol. The lowest BCUT2D eigenvalue weighted by Gasteiger charge is -2.38. The third-order valence-corrected chi connectivity index (χ3v) is 2.58. The van der Waals surface area contributed by atoms with Crippen molar-refractivity contribution < 1.29 is 9.53 Å². The molecule has 1 heterocycles. The summed E-state index contributed by atoms with van der Waals surface area (Å²) in [7, 11) is 0. The van der Waals surface area contributed by atoms with Gasteiger partial charge in [0.1, 0.15) is 6.61 Å². The zero-order valence-corrected chi connectivity index (χ0v) is 10.1. The number of ether oxygens (including phenoxy) is 1. The minimum Gasteiger partial charge on any atom is -0.363 e. The average molecular weight is 225 g/mol. The van der Waals surface area contributed by atoms with Crippen LogP contribution in [0.3, 0.4) is 0 Å². The number of nitriles is 1. The number of carbonyl (C=O) groups excluding carboxylic acids is 1. The number of hydrogen-bond acceptors (Lipinski definition) is 4. The molecule has 0 aromatic carbocycles. The van der Waals surface area contributed by atoms with Gasteiger partial charge in [0.2, 0.25) is 5.91 Å². The summed E-state index contributed by atoms with van der Waals surface area (Å²) < 4.78 is 5.47. The summed E-state index contributed by atoms with van der Waals surface area (Å²) in [5.41, 5.74) is -0.736. The van der Waals surface area contributed by atoms with Crippen LogP contribution in [0.1, 0.15) is 20.8 Å². The quantitative estimate of drug-likeness (QED) is 0.692. The molecule has 2 N–H and O–H groups in total. The lowest BCUT2D eigenvalue weighted by molar-refractivity contribution is -0.136. The van der Waals surface area contributed by atoms with Crippen LogP contribution in [-0.4, -0.2) is 37.7 Å².